The van der Waals surface area contributed by atoms with Gasteiger partial charge in [-0.05, 0) is 42.6 Å². The van der Waals surface area contributed by atoms with E-state index in [0.29, 0.717) is 18.1 Å². The minimum atomic E-state index is -0.0326. The van der Waals surface area contributed by atoms with Gasteiger partial charge in [-0.3, -0.25) is 4.79 Å². The van der Waals surface area contributed by atoms with Crippen LogP contribution < -0.4 is 10.6 Å². The quantitative estimate of drug-likeness (QED) is 0.420. The first kappa shape index (κ1) is 23.0. The first-order valence-corrected chi connectivity index (χ1v) is 9.91. The zero-order chi connectivity index (χ0) is 20.4. The summed E-state index contributed by atoms with van der Waals surface area (Å²) >= 11 is 0. The van der Waals surface area contributed by atoms with Crippen LogP contribution in [0.25, 0.3) is 0 Å². The van der Waals surface area contributed by atoms with Crippen molar-refractivity contribution in [3.05, 3.63) is 35.4 Å². The lowest BCUT2D eigenvalue weighted by molar-refractivity contribution is -0.121. The second-order valence-electron chi connectivity index (χ2n) is 7.56. The van der Waals surface area contributed by atoms with Gasteiger partial charge in [0.2, 0.25) is 5.91 Å². The molecule has 0 aliphatic heterocycles. The van der Waals surface area contributed by atoms with E-state index in [1.54, 1.807) is 7.05 Å². The number of hydrogen-bond acceptors (Lipinski definition) is 4. The van der Waals surface area contributed by atoms with Crippen LogP contribution in [0.15, 0.2) is 24.3 Å². The van der Waals surface area contributed by atoms with Crippen molar-refractivity contribution < 1.29 is 4.79 Å². The fourth-order valence-corrected chi connectivity index (χ4v) is 3.76. The highest BCUT2D eigenvalue weighted by Crippen LogP contribution is 2.31. The van der Waals surface area contributed by atoms with Crippen LogP contribution in [-0.4, -0.2) is 31.9 Å². The summed E-state index contributed by atoms with van der Waals surface area (Å²) in [5.74, 6) is 0.591. The molecular weight excluding hydrogens is 336 g/mol. The Bertz CT molecular complexity index is 611. The highest BCUT2D eigenvalue weighted by Gasteiger charge is 2.28. The van der Waals surface area contributed by atoms with Gasteiger partial charge in [-0.15, -0.1) is 0 Å². The third-order valence-electron chi connectivity index (χ3n) is 5.46. The van der Waals surface area contributed by atoms with Crippen molar-refractivity contribution in [2.24, 2.45) is 23.7 Å². The monoisotopic (exact) mass is 372 g/mol. The molecule has 0 aliphatic rings. The summed E-state index contributed by atoms with van der Waals surface area (Å²) in [6.07, 6.45) is 3.85. The maximum Gasteiger partial charge on any atom is 0.220 e. The van der Waals surface area contributed by atoms with Gasteiger partial charge in [-0.25, -0.2) is 0 Å². The van der Waals surface area contributed by atoms with Crippen molar-refractivity contribution in [1.82, 2.24) is 10.6 Å². The Hall–Kier alpha value is -2.01. The molecule has 4 unspecified atom stereocenters. The van der Waals surface area contributed by atoms with Gasteiger partial charge in [-0.2, -0.15) is 0 Å². The molecule has 4 atom stereocenters. The minimum Gasteiger partial charge on any atom is -0.359 e. The van der Waals surface area contributed by atoms with Crippen LogP contribution in [-0.2, 0) is 11.3 Å². The summed E-state index contributed by atoms with van der Waals surface area (Å²) < 4.78 is 0. The smallest absolute Gasteiger partial charge is 0.220 e. The predicted octanol–water partition coefficient (Wildman–Crippen LogP) is 3.86. The zero-order valence-corrected chi connectivity index (χ0v) is 17.4. The van der Waals surface area contributed by atoms with Gasteiger partial charge < -0.3 is 21.5 Å². The fraction of sp³-hybridized carbons (Fsp3) is 0.591. The van der Waals surface area contributed by atoms with E-state index in [0.717, 1.165) is 24.9 Å². The van der Waals surface area contributed by atoms with Crippen molar-refractivity contribution in [1.29, 1.82) is 10.8 Å². The van der Waals surface area contributed by atoms with Crippen LogP contribution in [0.5, 0.6) is 0 Å². The number of benzene rings is 1. The molecule has 1 aromatic rings. The molecular formula is C22H36N4O. The lowest BCUT2D eigenvalue weighted by Crippen LogP contribution is -2.30. The molecule has 4 N–H and O–H groups in total. The largest absolute Gasteiger partial charge is 0.359 e. The Labute approximate surface area is 164 Å². The Morgan fingerprint density at radius 2 is 1.81 bits per heavy atom. The second kappa shape index (κ2) is 11.7. The molecule has 1 rings (SSSR count). The molecule has 0 radical (unpaired) electrons. The molecule has 0 saturated heterocycles. The maximum atomic E-state index is 11.6. The van der Waals surface area contributed by atoms with E-state index < -0.39 is 0 Å². The molecule has 27 heavy (non-hydrogen) atoms. The Kier molecular flexibility index (Phi) is 9.94. The minimum absolute atomic E-state index is 0.00613. The average Bonchev–Trinajstić information content (AvgIpc) is 2.67. The molecule has 0 spiro atoms. The molecule has 1 amide bonds. The van der Waals surface area contributed by atoms with Crippen molar-refractivity contribution >= 4 is 17.8 Å². The molecule has 5 nitrogen and oxygen atoms in total. The van der Waals surface area contributed by atoms with Crippen LogP contribution in [0, 0.1) is 34.5 Å². The van der Waals surface area contributed by atoms with E-state index in [4.69, 9.17) is 10.8 Å². The van der Waals surface area contributed by atoms with Crippen molar-refractivity contribution in [2.75, 3.05) is 14.1 Å². The van der Waals surface area contributed by atoms with Crippen molar-refractivity contribution in [3.63, 3.8) is 0 Å². The van der Waals surface area contributed by atoms with Gasteiger partial charge >= 0.3 is 0 Å². The number of rotatable bonds is 12. The zero-order valence-electron chi connectivity index (χ0n) is 17.4. The van der Waals surface area contributed by atoms with Gasteiger partial charge in [0.1, 0.15) is 0 Å². The summed E-state index contributed by atoms with van der Waals surface area (Å²) in [5.41, 5.74) is 2.69. The summed E-state index contributed by atoms with van der Waals surface area (Å²) in [6, 6.07) is 8.11. The van der Waals surface area contributed by atoms with E-state index in [2.05, 4.69) is 36.6 Å². The van der Waals surface area contributed by atoms with Gasteiger partial charge in [-0.1, -0.05) is 51.5 Å². The Morgan fingerprint density at radius 3 is 2.30 bits per heavy atom. The summed E-state index contributed by atoms with van der Waals surface area (Å²) in [6.45, 7) is 7.09. The SMILES string of the molecule is CCC(CC(C)CC(=O)NC)C(C=N)C(C)C(=N)c1ccc(CNC)cc1. The van der Waals surface area contributed by atoms with Crippen LogP contribution in [0.1, 0.15) is 51.2 Å². The van der Waals surface area contributed by atoms with Gasteiger partial charge in [0.25, 0.3) is 0 Å². The third kappa shape index (κ3) is 6.90. The lowest BCUT2D eigenvalue weighted by atomic mass is 9.74. The Morgan fingerprint density at radius 1 is 1.19 bits per heavy atom. The Balaban J connectivity index is 2.85. The number of hydrogen-bond donors (Lipinski definition) is 4. The topological polar surface area (TPSA) is 88.8 Å². The molecule has 0 fully saturated rings. The highest BCUT2D eigenvalue weighted by molar-refractivity contribution is 6.01. The standard InChI is InChI=1S/C22H36N4O/c1-6-18(11-15(2)12-21(27)26-5)20(13-23)16(3)22(24)19-9-7-17(8-10-19)14-25-4/h7-10,13,15-16,18,20,23-25H,6,11-12,14H2,1-5H3,(H,26,27). The molecule has 0 aliphatic carbocycles. The molecule has 150 valence electrons. The predicted molar refractivity (Wildman–Crippen MR) is 114 cm³/mol. The number of carbonyl (C=O) groups excluding carboxylic acids is 1. The van der Waals surface area contributed by atoms with Gasteiger partial charge in [0, 0.05) is 37.6 Å². The summed E-state index contributed by atoms with van der Waals surface area (Å²) in [7, 11) is 3.58. The van der Waals surface area contributed by atoms with Gasteiger partial charge in [0.15, 0.2) is 0 Å². The van der Waals surface area contributed by atoms with E-state index in [1.807, 2.05) is 26.1 Å². The van der Waals surface area contributed by atoms with E-state index in [9.17, 15) is 4.79 Å². The number of nitrogens with one attached hydrogen (secondary N) is 4. The molecule has 1 aromatic carbocycles. The first-order valence-electron chi connectivity index (χ1n) is 9.91. The van der Waals surface area contributed by atoms with Crippen LogP contribution in [0.3, 0.4) is 0 Å². The van der Waals surface area contributed by atoms with Crippen LogP contribution in [0.2, 0.25) is 0 Å². The first-order chi connectivity index (χ1) is 12.9. The highest BCUT2D eigenvalue weighted by atomic mass is 16.1. The molecule has 0 heterocycles. The van der Waals surface area contributed by atoms with Crippen LogP contribution >= 0.6 is 0 Å². The van der Waals surface area contributed by atoms with Crippen molar-refractivity contribution in [2.45, 2.75) is 46.6 Å². The normalized spacial score (nSPS) is 15.4. The van der Waals surface area contributed by atoms with E-state index >= 15 is 0 Å². The summed E-state index contributed by atoms with van der Waals surface area (Å²) in [4.78, 5) is 11.6. The average molecular weight is 373 g/mol. The summed E-state index contributed by atoms with van der Waals surface area (Å²) in [5, 5.41) is 22.4. The van der Waals surface area contributed by atoms with Crippen molar-refractivity contribution in [3.8, 4) is 0 Å². The van der Waals surface area contributed by atoms with E-state index in [-0.39, 0.29) is 23.7 Å². The van der Waals surface area contributed by atoms with Crippen LogP contribution in [0.4, 0.5) is 0 Å². The van der Waals surface area contributed by atoms with Gasteiger partial charge in [0.05, 0.1) is 0 Å². The molecule has 0 aromatic heterocycles. The molecule has 0 bridgehead atoms. The number of carbonyl (C=O) groups is 1. The molecule has 0 saturated carbocycles. The third-order valence-corrected chi connectivity index (χ3v) is 5.46. The van der Waals surface area contributed by atoms with E-state index in [1.165, 1.54) is 11.8 Å². The maximum absolute atomic E-state index is 11.6. The second-order valence-corrected chi connectivity index (χ2v) is 7.56. The number of amides is 1. The lowest BCUT2D eigenvalue weighted by Gasteiger charge is -2.30. The fourth-order valence-electron chi connectivity index (χ4n) is 3.76. The molecule has 5 heteroatoms.